The first-order valence-electron chi connectivity index (χ1n) is 6.20. The third-order valence-corrected chi connectivity index (χ3v) is 3.25. The van der Waals surface area contributed by atoms with Gasteiger partial charge in [0.05, 0.1) is 14.2 Å². The Morgan fingerprint density at radius 1 is 1.11 bits per heavy atom. The first kappa shape index (κ1) is 13.4. The molecule has 0 aliphatic carbocycles. The Hall–Kier alpha value is -2.04. The second kappa shape index (κ2) is 5.73. The van der Waals surface area contributed by atoms with Crippen LogP contribution in [0.5, 0.6) is 11.5 Å². The zero-order chi connectivity index (χ0) is 13.8. The lowest BCUT2D eigenvalue weighted by molar-refractivity contribution is -0.138. The molecule has 0 unspecified atom stereocenters. The predicted octanol–water partition coefficient (Wildman–Crippen LogP) is 1.40. The van der Waals surface area contributed by atoms with Gasteiger partial charge in [-0.15, -0.1) is 0 Å². The lowest BCUT2D eigenvalue weighted by Crippen LogP contribution is -2.31. The highest BCUT2D eigenvalue weighted by Crippen LogP contribution is 2.25. The van der Waals surface area contributed by atoms with E-state index in [2.05, 4.69) is 0 Å². The minimum absolute atomic E-state index is 0.0909. The highest BCUT2D eigenvalue weighted by atomic mass is 16.5. The number of carbonyl (C=O) groups is 2. The molecule has 0 aromatic heterocycles. The van der Waals surface area contributed by atoms with E-state index in [-0.39, 0.29) is 11.8 Å². The van der Waals surface area contributed by atoms with E-state index in [1.165, 1.54) is 4.90 Å². The normalized spacial score (nSPS) is 14.9. The van der Waals surface area contributed by atoms with Gasteiger partial charge in [0.1, 0.15) is 11.5 Å². The number of ether oxygens (including phenoxy) is 2. The molecule has 1 heterocycles. The Morgan fingerprint density at radius 2 is 1.79 bits per heavy atom. The van der Waals surface area contributed by atoms with E-state index in [9.17, 15) is 9.59 Å². The molecule has 1 aromatic rings. The van der Waals surface area contributed by atoms with Crippen LogP contribution in [-0.4, -0.2) is 37.5 Å². The Kier molecular flexibility index (Phi) is 4.04. The number of imide groups is 1. The maximum absolute atomic E-state index is 11.5. The standard InChI is InChI=1S/C14H17NO4/c1-18-11-3-4-12(19-2)10(9-11)7-8-15-13(16)5-6-14(15)17/h3-4,9H,5-8H2,1-2H3. The summed E-state index contributed by atoms with van der Waals surface area (Å²) in [5, 5.41) is 0. The maximum atomic E-state index is 11.5. The van der Waals surface area contributed by atoms with Crippen LogP contribution in [0.25, 0.3) is 0 Å². The summed E-state index contributed by atoms with van der Waals surface area (Å²) in [4.78, 5) is 24.4. The number of hydrogen-bond acceptors (Lipinski definition) is 4. The van der Waals surface area contributed by atoms with Crippen LogP contribution < -0.4 is 9.47 Å². The third kappa shape index (κ3) is 2.86. The smallest absolute Gasteiger partial charge is 0.229 e. The molecule has 1 fully saturated rings. The Morgan fingerprint density at radius 3 is 2.37 bits per heavy atom. The fourth-order valence-electron chi connectivity index (χ4n) is 2.18. The van der Waals surface area contributed by atoms with Crippen molar-refractivity contribution in [3.05, 3.63) is 23.8 Å². The van der Waals surface area contributed by atoms with Crippen molar-refractivity contribution in [1.82, 2.24) is 4.90 Å². The topological polar surface area (TPSA) is 55.8 Å². The molecule has 1 saturated heterocycles. The van der Waals surface area contributed by atoms with Gasteiger partial charge in [-0.05, 0) is 30.2 Å². The van der Waals surface area contributed by atoms with Crippen LogP contribution in [-0.2, 0) is 16.0 Å². The second-order valence-corrected chi connectivity index (χ2v) is 4.37. The van der Waals surface area contributed by atoms with Crippen LogP contribution in [0.4, 0.5) is 0 Å². The number of likely N-dealkylation sites (tertiary alicyclic amines) is 1. The average molecular weight is 263 g/mol. The molecule has 1 aliphatic rings. The molecule has 0 bridgehead atoms. The lowest BCUT2D eigenvalue weighted by Gasteiger charge is -2.15. The van der Waals surface area contributed by atoms with Crippen molar-refractivity contribution in [2.24, 2.45) is 0 Å². The fourth-order valence-corrected chi connectivity index (χ4v) is 2.18. The number of nitrogens with zero attached hydrogens (tertiary/aromatic N) is 1. The van der Waals surface area contributed by atoms with E-state index in [0.717, 1.165) is 17.1 Å². The zero-order valence-corrected chi connectivity index (χ0v) is 11.1. The van der Waals surface area contributed by atoms with Gasteiger partial charge in [-0.2, -0.15) is 0 Å². The molecule has 0 radical (unpaired) electrons. The summed E-state index contributed by atoms with van der Waals surface area (Å²) < 4.78 is 10.4. The van der Waals surface area contributed by atoms with Gasteiger partial charge in [0.2, 0.25) is 11.8 Å². The number of methoxy groups -OCH3 is 2. The highest BCUT2D eigenvalue weighted by Gasteiger charge is 2.28. The molecule has 0 atom stereocenters. The number of amides is 2. The van der Waals surface area contributed by atoms with Crippen LogP contribution >= 0.6 is 0 Å². The minimum atomic E-state index is -0.0909. The van der Waals surface area contributed by atoms with Crippen LogP contribution in [0.15, 0.2) is 18.2 Å². The molecule has 2 amide bonds. The fraction of sp³-hybridized carbons (Fsp3) is 0.429. The summed E-state index contributed by atoms with van der Waals surface area (Å²) in [5.41, 5.74) is 0.925. The predicted molar refractivity (Wildman–Crippen MR) is 69.2 cm³/mol. The molecule has 102 valence electrons. The van der Waals surface area contributed by atoms with Gasteiger partial charge in [0.15, 0.2) is 0 Å². The van der Waals surface area contributed by atoms with Gasteiger partial charge < -0.3 is 9.47 Å². The number of hydrogen-bond donors (Lipinski definition) is 0. The zero-order valence-electron chi connectivity index (χ0n) is 11.1. The van der Waals surface area contributed by atoms with Gasteiger partial charge in [0.25, 0.3) is 0 Å². The van der Waals surface area contributed by atoms with E-state index in [1.54, 1.807) is 14.2 Å². The summed E-state index contributed by atoms with van der Waals surface area (Å²) in [6, 6.07) is 5.50. The largest absolute Gasteiger partial charge is 0.497 e. The lowest BCUT2D eigenvalue weighted by atomic mass is 10.1. The maximum Gasteiger partial charge on any atom is 0.229 e. The monoisotopic (exact) mass is 263 g/mol. The van der Waals surface area contributed by atoms with E-state index in [0.29, 0.717) is 25.8 Å². The van der Waals surface area contributed by atoms with Gasteiger partial charge in [-0.1, -0.05) is 0 Å². The van der Waals surface area contributed by atoms with E-state index in [4.69, 9.17) is 9.47 Å². The molecule has 1 aliphatic heterocycles. The molecule has 5 nitrogen and oxygen atoms in total. The van der Waals surface area contributed by atoms with Crippen LogP contribution in [0, 0.1) is 0 Å². The quantitative estimate of drug-likeness (QED) is 0.753. The van der Waals surface area contributed by atoms with Crippen molar-refractivity contribution in [3.63, 3.8) is 0 Å². The summed E-state index contributed by atoms with van der Waals surface area (Å²) in [6.45, 7) is 0.390. The van der Waals surface area contributed by atoms with E-state index < -0.39 is 0 Å². The van der Waals surface area contributed by atoms with Gasteiger partial charge >= 0.3 is 0 Å². The summed E-state index contributed by atoms with van der Waals surface area (Å²) >= 11 is 0. The molecule has 19 heavy (non-hydrogen) atoms. The number of rotatable bonds is 5. The van der Waals surface area contributed by atoms with Crippen LogP contribution in [0.1, 0.15) is 18.4 Å². The first-order valence-corrected chi connectivity index (χ1v) is 6.20. The van der Waals surface area contributed by atoms with Gasteiger partial charge in [0, 0.05) is 19.4 Å². The van der Waals surface area contributed by atoms with Crippen molar-refractivity contribution in [2.75, 3.05) is 20.8 Å². The summed E-state index contributed by atoms with van der Waals surface area (Å²) in [7, 11) is 3.19. The van der Waals surface area contributed by atoms with E-state index in [1.807, 2.05) is 18.2 Å². The van der Waals surface area contributed by atoms with Crippen molar-refractivity contribution >= 4 is 11.8 Å². The Bertz CT molecular complexity index is 482. The summed E-state index contributed by atoms with van der Waals surface area (Å²) in [6.07, 6.45) is 1.22. The Labute approximate surface area is 112 Å². The van der Waals surface area contributed by atoms with Crippen molar-refractivity contribution in [3.8, 4) is 11.5 Å². The SMILES string of the molecule is COc1ccc(OC)c(CCN2C(=O)CCC2=O)c1. The molecule has 2 rings (SSSR count). The molecule has 1 aromatic carbocycles. The summed E-state index contributed by atoms with van der Waals surface area (Å²) in [5.74, 6) is 1.29. The molecule has 5 heteroatoms. The van der Waals surface area contributed by atoms with E-state index >= 15 is 0 Å². The minimum Gasteiger partial charge on any atom is -0.497 e. The molecule has 0 spiro atoms. The average Bonchev–Trinajstić information content (AvgIpc) is 2.75. The highest BCUT2D eigenvalue weighted by molar-refractivity contribution is 6.01. The second-order valence-electron chi connectivity index (χ2n) is 4.37. The van der Waals surface area contributed by atoms with Gasteiger partial charge in [-0.25, -0.2) is 0 Å². The molecular weight excluding hydrogens is 246 g/mol. The van der Waals surface area contributed by atoms with Crippen molar-refractivity contribution < 1.29 is 19.1 Å². The van der Waals surface area contributed by atoms with Crippen molar-refractivity contribution in [2.45, 2.75) is 19.3 Å². The molecule has 0 saturated carbocycles. The van der Waals surface area contributed by atoms with Crippen molar-refractivity contribution in [1.29, 1.82) is 0 Å². The van der Waals surface area contributed by atoms with Crippen LogP contribution in [0.3, 0.4) is 0 Å². The molecular formula is C14H17NO4. The van der Waals surface area contributed by atoms with Crippen LogP contribution in [0.2, 0.25) is 0 Å². The number of benzene rings is 1. The molecule has 0 N–H and O–H groups in total. The Balaban J connectivity index is 2.09. The van der Waals surface area contributed by atoms with Gasteiger partial charge in [-0.3, -0.25) is 14.5 Å². The third-order valence-electron chi connectivity index (χ3n) is 3.25. The number of carbonyl (C=O) groups excluding carboxylic acids is 2. The first-order chi connectivity index (χ1) is 9.15.